The van der Waals surface area contributed by atoms with E-state index in [2.05, 4.69) is 4.85 Å². The molecule has 0 unspecified atom stereocenters. The van der Waals surface area contributed by atoms with Crippen molar-refractivity contribution in [2.75, 3.05) is 7.11 Å². The van der Waals surface area contributed by atoms with Gasteiger partial charge in [-0.25, -0.2) is 9.24 Å². The zero-order valence-electron chi connectivity index (χ0n) is 7.04. The monoisotopic (exact) mass is 181 g/mol. The van der Waals surface area contributed by atoms with Gasteiger partial charge in [0.05, 0.1) is 20.3 Å². The molecule has 0 radical (unpaired) electrons. The Kier molecular flexibility index (Phi) is 2.83. The van der Waals surface area contributed by atoms with E-state index in [1.54, 1.807) is 0 Å². The fourth-order valence-corrected chi connectivity index (χ4v) is 0.983. The summed E-state index contributed by atoms with van der Waals surface area (Å²) in [5.41, 5.74) is 0.237. The van der Waals surface area contributed by atoms with Crippen LogP contribution in [0.3, 0.4) is 0 Å². The molecule has 68 valence electrons. The molecule has 0 spiro atoms. The molecule has 4 heteroatoms. The summed E-state index contributed by atoms with van der Waals surface area (Å²) >= 11 is 0. The van der Waals surface area contributed by atoms with E-state index in [-0.39, 0.29) is 18.0 Å². The molecule has 1 aromatic carbocycles. The van der Waals surface area contributed by atoms with Crippen molar-refractivity contribution in [3.8, 4) is 5.75 Å². The number of methoxy groups -OCH3 is 1. The van der Waals surface area contributed by atoms with E-state index in [0.717, 1.165) is 6.07 Å². The highest BCUT2D eigenvalue weighted by atomic mass is 19.1. The zero-order chi connectivity index (χ0) is 9.84. The third kappa shape index (κ3) is 1.76. The number of benzene rings is 1. The smallest absolute Gasteiger partial charge is 0.262 e. The zero-order valence-corrected chi connectivity index (χ0v) is 7.04. The Labute approximate surface area is 75.2 Å². The highest BCUT2D eigenvalue weighted by Gasteiger charge is 2.10. The van der Waals surface area contributed by atoms with E-state index in [9.17, 15) is 4.39 Å². The number of halogens is 1. The Bertz CT molecular complexity index is 357. The molecule has 1 rings (SSSR count). The molecule has 0 bridgehead atoms. The van der Waals surface area contributed by atoms with Gasteiger partial charge in [-0.1, -0.05) is 0 Å². The van der Waals surface area contributed by atoms with Crippen molar-refractivity contribution in [3.63, 3.8) is 0 Å². The summed E-state index contributed by atoms with van der Waals surface area (Å²) in [6.07, 6.45) is 0. The molecule has 1 aromatic rings. The molecule has 0 aliphatic carbocycles. The number of ether oxygens (including phenoxy) is 1. The number of rotatable bonds is 2. The normalized spacial score (nSPS) is 9.38. The minimum absolute atomic E-state index is 0.152. The lowest BCUT2D eigenvalue weighted by Crippen LogP contribution is -1.90. The standard InChI is InChI=1S/C9H8FNO2/c1-11-9-7(10)3-6(5-12)4-8(9)13-2/h3-4,12H,5H2,2H3. The third-order valence-electron chi connectivity index (χ3n) is 1.60. The van der Waals surface area contributed by atoms with Crippen LogP contribution in [0.4, 0.5) is 10.1 Å². The van der Waals surface area contributed by atoms with Crippen molar-refractivity contribution in [2.24, 2.45) is 0 Å². The highest BCUT2D eigenvalue weighted by molar-refractivity contribution is 5.59. The SMILES string of the molecule is [C-]#[N+]c1c(F)cc(CO)cc1OC. The van der Waals surface area contributed by atoms with Crippen molar-refractivity contribution in [2.45, 2.75) is 6.61 Å². The summed E-state index contributed by atoms with van der Waals surface area (Å²) in [7, 11) is 1.35. The van der Waals surface area contributed by atoms with Crippen LogP contribution in [0.2, 0.25) is 0 Å². The summed E-state index contributed by atoms with van der Waals surface area (Å²) in [6, 6.07) is 2.56. The van der Waals surface area contributed by atoms with Crippen LogP contribution in [-0.2, 0) is 6.61 Å². The van der Waals surface area contributed by atoms with Crippen LogP contribution in [0, 0.1) is 12.4 Å². The second kappa shape index (κ2) is 3.87. The van der Waals surface area contributed by atoms with E-state index in [0.29, 0.717) is 5.56 Å². The minimum atomic E-state index is -0.668. The fourth-order valence-electron chi connectivity index (χ4n) is 0.983. The second-order valence-corrected chi connectivity index (χ2v) is 2.40. The van der Waals surface area contributed by atoms with Crippen LogP contribution in [0.15, 0.2) is 12.1 Å². The van der Waals surface area contributed by atoms with Crippen molar-refractivity contribution < 1.29 is 14.2 Å². The van der Waals surface area contributed by atoms with Gasteiger partial charge in [0.2, 0.25) is 0 Å². The third-order valence-corrected chi connectivity index (χ3v) is 1.60. The van der Waals surface area contributed by atoms with Crippen LogP contribution < -0.4 is 4.74 Å². The maximum absolute atomic E-state index is 13.1. The first-order valence-corrected chi connectivity index (χ1v) is 3.57. The molecule has 0 saturated carbocycles. The van der Waals surface area contributed by atoms with Gasteiger partial charge in [-0.15, -0.1) is 0 Å². The molecule has 0 aliphatic heterocycles. The second-order valence-electron chi connectivity index (χ2n) is 2.40. The average Bonchev–Trinajstić information content (AvgIpc) is 2.16. The van der Waals surface area contributed by atoms with Gasteiger partial charge >= 0.3 is 0 Å². The highest BCUT2D eigenvalue weighted by Crippen LogP contribution is 2.31. The Morgan fingerprint density at radius 2 is 2.31 bits per heavy atom. The van der Waals surface area contributed by atoms with Crippen LogP contribution in [-0.4, -0.2) is 12.2 Å². The van der Waals surface area contributed by atoms with E-state index >= 15 is 0 Å². The molecule has 0 atom stereocenters. The molecule has 1 N–H and O–H groups in total. The van der Waals surface area contributed by atoms with Crippen molar-refractivity contribution in [1.82, 2.24) is 0 Å². The number of aliphatic hydroxyl groups excluding tert-OH is 1. The maximum atomic E-state index is 13.1. The van der Waals surface area contributed by atoms with Gasteiger partial charge in [0.15, 0.2) is 0 Å². The van der Waals surface area contributed by atoms with Crippen LogP contribution in [0.1, 0.15) is 5.56 Å². The predicted molar refractivity (Wildman–Crippen MR) is 45.1 cm³/mol. The molecule has 0 aromatic heterocycles. The summed E-state index contributed by atoms with van der Waals surface area (Å²) in [5, 5.41) is 8.75. The molecule has 0 heterocycles. The molecular weight excluding hydrogens is 173 g/mol. The van der Waals surface area contributed by atoms with E-state index in [4.69, 9.17) is 16.4 Å². The van der Waals surface area contributed by atoms with Gasteiger partial charge in [-0.05, 0) is 17.7 Å². The van der Waals surface area contributed by atoms with Crippen molar-refractivity contribution >= 4 is 5.69 Å². The van der Waals surface area contributed by atoms with Crippen LogP contribution in [0.5, 0.6) is 5.75 Å². The summed E-state index contributed by atoms with van der Waals surface area (Å²) in [4.78, 5) is 2.98. The predicted octanol–water partition coefficient (Wildman–Crippen LogP) is 1.88. The Balaban J connectivity index is 3.31. The summed E-state index contributed by atoms with van der Waals surface area (Å²) in [6.45, 7) is 6.43. The van der Waals surface area contributed by atoms with E-state index in [1.165, 1.54) is 13.2 Å². The molecule has 13 heavy (non-hydrogen) atoms. The molecule has 0 fully saturated rings. The topological polar surface area (TPSA) is 33.8 Å². The fraction of sp³-hybridized carbons (Fsp3) is 0.222. The number of hydrogen-bond acceptors (Lipinski definition) is 2. The average molecular weight is 181 g/mol. The van der Waals surface area contributed by atoms with E-state index < -0.39 is 5.82 Å². The van der Waals surface area contributed by atoms with Crippen LogP contribution in [0.25, 0.3) is 4.85 Å². The van der Waals surface area contributed by atoms with Crippen LogP contribution >= 0.6 is 0 Å². The lowest BCUT2D eigenvalue weighted by molar-refractivity contribution is 0.280. The maximum Gasteiger partial charge on any atom is 0.262 e. The first-order chi connectivity index (χ1) is 6.22. The number of hydrogen-bond donors (Lipinski definition) is 1. The largest absolute Gasteiger partial charge is 0.508 e. The number of aliphatic hydroxyl groups is 1. The molecule has 0 saturated heterocycles. The Morgan fingerprint density at radius 1 is 1.62 bits per heavy atom. The molecule has 0 amide bonds. The molecule has 3 nitrogen and oxygen atoms in total. The summed E-state index contributed by atoms with van der Waals surface area (Å²) < 4.78 is 17.9. The van der Waals surface area contributed by atoms with Gasteiger partial charge < -0.3 is 9.84 Å². The van der Waals surface area contributed by atoms with Gasteiger partial charge in [0, 0.05) is 0 Å². The Hall–Kier alpha value is -1.60. The summed E-state index contributed by atoms with van der Waals surface area (Å²) in [5.74, 6) is -0.516. The lowest BCUT2D eigenvalue weighted by atomic mass is 10.2. The number of nitrogens with zero attached hydrogens (tertiary/aromatic N) is 1. The quantitative estimate of drug-likeness (QED) is 0.707. The Morgan fingerprint density at radius 3 is 2.77 bits per heavy atom. The first-order valence-electron chi connectivity index (χ1n) is 3.57. The van der Waals surface area contributed by atoms with Crippen molar-refractivity contribution in [1.29, 1.82) is 0 Å². The lowest BCUT2D eigenvalue weighted by Gasteiger charge is -2.05. The van der Waals surface area contributed by atoms with Gasteiger partial charge in [0.25, 0.3) is 5.69 Å². The first kappa shape index (κ1) is 9.49. The minimum Gasteiger partial charge on any atom is -0.508 e. The molecule has 0 aliphatic rings. The van der Waals surface area contributed by atoms with Gasteiger partial charge in [-0.2, -0.15) is 0 Å². The van der Waals surface area contributed by atoms with Gasteiger partial charge in [-0.3, -0.25) is 0 Å². The van der Waals surface area contributed by atoms with Gasteiger partial charge in [0.1, 0.15) is 11.6 Å². The molecular formula is C9H8FNO2. The van der Waals surface area contributed by atoms with E-state index in [1.807, 2.05) is 0 Å². The van der Waals surface area contributed by atoms with Crippen molar-refractivity contribution in [3.05, 3.63) is 34.9 Å².